The van der Waals surface area contributed by atoms with Crippen LogP contribution in [0, 0.1) is 0 Å². The minimum atomic E-state index is 0.773. The van der Waals surface area contributed by atoms with Crippen molar-refractivity contribution < 1.29 is 4.74 Å². The summed E-state index contributed by atoms with van der Waals surface area (Å²) in [6.07, 6.45) is 8.04. The second-order valence-corrected chi connectivity index (χ2v) is 7.55. The summed E-state index contributed by atoms with van der Waals surface area (Å²) in [5.41, 5.74) is 7.80. The number of aryl methyl sites for hydroxylation is 2. The Hall–Kier alpha value is -2.65. The summed E-state index contributed by atoms with van der Waals surface area (Å²) < 4.78 is 10.1. The third kappa shape index (κ3) is 2.74. The second kappa shape index (κ2) is 6.50. The maximum absolute atomic E-state index is 6.08. The molecule has 0 saturated heterocycles. The largest absolute Gasteiger partial charge is 0.497 e. The van der Waals surface area contributed by atoms with Crippen LogP contribution in [-0.4, -0.2) is 16.1 Å². The molecule has 0 bridgehead atoms. The summed E-state index contributed by atoms with van der Waals surface area (Å²) in [4.78, 5) is 0. The van der Waals surface area contributed by atoms with Crippen molar-refractivity contribution >= 4 is 17.2 Å². The minimum Gasteiger partial charge on any atom is -0.497 e. The summed E-state index contributed by atoms with van der Waals surface area (Å²) in [5, 5.41) is 0.773. The van der Waals surface area contributed by atoms with Crippen molar-refractivity contribution in [1.29, 1.82) is 0 Å². The second-order valence-electron chi connectivity index (χ2n) is 7.11. The minimum absolute atomic E-state index is 0.773. The number of hydrogen-bond acceptors (Lipinski definition) is 1. The van der Waals surface area contributed by atoms with Gasteiger partial charge < -0.3 is 13.7 Å². The molecule has 0 saturated carbocycles. The molecule has 0 unspecified atom stereocenters. The van der Waals surface area contributed by atoms with E-state index in [1.54, 1.807) is 7.11 Å². The Morgan fingerprint density at radius 3 is 2.37 bits per heavy atom. The number of nitrogens with zero attached hydrogens (tertiary/aromatic N) is 2. The highest BCUT2D eigenvalue weighted by Gasteiger charge is 2.21. The highest BCUT2D eigenvalue weighted by molar-refractivity contribution is 6.30. The molecule has 4 heteroatoms. The summed E-state index contributed by atoms with van der Waals surface area (Å²) in [6, 6.07) is 16.5. The Bertz CT molecular complexity index is 1100. The number of benzene rings is 2. The first-order valence-electron chi connectivity index (χ1n) is 9.38. The molecule has 2 aromatic carbocycles. The van der Waals surface area contributed by atoms with Crippen molar-refractivity contribution in [3.8, 4) is 28.1 Å². The first-order valence-corrected chi connectivity index (χ1v) is 9.76. The van der Waals surface area contributed by atoms with Crippen LogP contribution in [0.1, 0.15) is 18.4 Å². The molecule has 1 aliphatic heterocycles. The molecular weight excluding hydrogens is 356 g/mol. The van der Waals surface area contributed by atoms with Crippen molar-refractivity contribution in [3.05, 3.63) is 71.5 Å². The molecule has 0 amide bonds. The fourth-order valence-corrected chi connectivity index (χ4v) is 4.31. The van der Waals surface area contributed by atoms with Gasteiger partial charge in [-0.15, -0.1) is 0 Å². The SMILES string of the molecule is COc1ccc(-c2cn3cc(-c4ccc(Cl)cc4)n4c3c2CCCC4)cc1. The van der Waals surface area contributed by atoms with E-state index in [4.69, 9.17) is 16.3 Å². The molecule has 3 heterocycles. The Balaban J connectivity index is 1.68. The van der Waals surface area contributed by atoms with E-state index in [1.807, 2.05) is 24.3 Å². The molecule has 0 aliphatic carbocycles. The van der Waals surface area contributed by atoms with Crippen LogP contribution in [0.3, 0.4) is 0 Å². The molecule has 4 aromatic rings. The van der Waals surface area contributed by atoms with Gasteiger partial charge in [-0.2, -0.15) is 0 Å². The van der Waals surface area contributed by atoms with Gasteiger partial charge in [-0.25, -0.2) is 0 Å². The average Bonchev–Trinajstić information content (AvgIpc) is 3.13. The zero-order valence-electron chi connectivity index (χ0n) is 15.3. The fourth-order valence-electron chi connectivity index (χ4n) is 4.19. The summed E-state index contributed by atoms with van der Waals surface area (Å²) >= 11 is 6.08. The van der Waals surface area contributed by atoms with Gasteiger partial charge in [0.25, 0.3) is 0 Å². The number of halogens is 1. The van der Waals surface area contributed by atoms with Crippen molar-refractivity contribution in [2.45, 2.75) is 25.8 Å². The van der Waals surface area contributed by atoms with Crippen molar-refractivity contribution in [1.82, 2.24) is 8.97 Å². The van der Waals surface area contributed by atoms with Crippen LogP contribution in [0.15, 0.2) is 60.9 Å². The van der Waals surface area contributed by atoms with Crippen LogP contribution >= 0.6 is 11.6 Å². The van der Waals surface area contributed by atoms with Crippen LogP contribution in [-0.2, 0) is 13.0 Å². The molecule has 2 aromatic heterocycles. The smallest absolute Gasteiger partial charge is 0.121 e. The lowest BCUT2D eigenvalue weighted by molar-refractivity contribution is 0.415. The van der Waals surface area contributed by atoms with E-state index >= 15 is 0 Å². The maximum Gasteiger partial charge on any atom is 0.121 e. The average molecular weight is 377 g/mol. The van der Waals surface area contributed by atoms with E-state index in [-0.39, 0.29) is 0 Å². The molecule has 0 atom stereocenters. The van der Waals surface area contributed by atoms with Crippen LogP contribution in [0.5, 0.6) is 5.75 Å². The molecular formula is C23H21ClN2O. The Morgan fingerprint density at radius 2 is 1.63 bits per heavy atom. The van der Waals surface area contributed by atoms with Crippen molar-refractivity contribution in [3.63, 3.8) is 0 Å². The van der Waals surface area contributed by atoms with Crippen LogP contribution in [0.2, 0.25) is 5.02 Å². The number of methoxy groups -OCH3 is 1. The maximum atomic E-state index is 6.08. The fraction of sp³-hybridized carbons (Fsp3) is 0.217. The highest BCUT2D eigenvalue weighted by atomic mass is 35.5. The third-order valence-corrected chi connectivity index (χ3v) is 5.77. The number of imidazole rings is 1. The predicted molar refractivity (Wildman–Crippen MR) is 111 cm³/mol. The van der Waals surface area contributed by atoms with E-state index in [2.05, 4.69) is 45.6 Å². The lowest BCUT2D eigenvalue weighted by Gasteiger charge is -2.08. The van der Waals surface area contributed by atoms with Gasteiger partial charge in [0.1, 0.15) is 11.4 Å². The van der Waals surface area contributed by atoms with E-state index in [0.29, 0.717) is 0 Å². The molecule has 136 valence electrons. The number of aromatic nitrogens is 2. The van der Waals surface area contributed by atoms with Crippen LogP contribution in [0.25, 0.3) is 28.0 Å². The Morgan fingerprint density at radius 1 is 0.889 bits per heavy atom. The summed E-state index contributed by atoms with van der Waals surface area (Å²) in [7, 11) is 1.71. The van der Waals surface area contributed by atoms with Gasteiger partial charge in [-0.1, -0.05) is 35.9 Å². The quantitative estimate of drug-likeness (QED) is 0.424. The molecule has 3 nitrogen and oxygen atoms in total. The van der Waals surface area contributed by atoms with Gasteiger partial charge in [0, 0.05) is 35.1 Å². The number of hydrogen-bond donors (Lipinski definition) is 0. The molecule has 27 heavy (non-hydrogen) atoms. The van der Waals surface area contributed by atoms with E-state index < -0.39 is 0 Å². The first kappa shape index (κ1) is 16.5. The Kier molecular flexibility index (Phi) is 3.98. The molecule has 5 rings (SSSR count). The van der Waals surface area contributed by atoms with Gasteiger partial charge in [-0.3, -0.25) is 0 Å². The monoisotopic (exact) mass is 376 g/mol. The zero-order valence-corrected chi connectivity index (χ0v) is 16.0. The molecule has 0 fully saturated rings. The normalized spacial score (nSPS) is 13.7. The molecule has 0 radical (unpaired) electrons. The van der Waals surface area contributed by atoms with Crippen molar-refractivity contribution in [2.75, 3.05) is 7.11 Å². The van der Waals surface area contributed by atoms with Crippen LogP contribution in [0.4, 0.5) is 0 Å². The summed E-state index contributed by atoms with van der Waals surface area (Å²) in [6.45, 7) is 1.05. The third-order valence-electron chi connectivity index (χ3n) is 5.52. The molecule has 1 aliphatic rings. The van der Waals surface area contributed by atoms with E-state index in [1.165, 1.54) is 46.4 Å². The summed E-state index contributed by atoms with van der Waals surface area (Å²) in [5.74, 6) is 0.892. The Labute approximate surface area is 163 Å². The zero-order chi connectivity index (χ0) is 18.4. The predicted octanol–water partition coefficient (Wildman–Crippen LogP) is 6.07. The lowest BCUT2D eigenvalue weighted by atomic mass is 10.0. The van der Waals surface area contributed by atoms with Crippen LogP contribution < -0.4 is 4.74 Å². The topological polar surface area (TPSA) is 18.6 Å². The molecule has 0 spiro atoms. The van der Waals surface area contributed by atoms with Crippen molar-refractivity contribution in [2.24, 2.45) is 0 Å². The van der Waals surface area contributed by atoms with Gasteiger partial charge in [-0.05, 0) is 54.7 Å². The number of rotatable bonds is 3. The highest BCUT2D eigenvalue weighted by Crippen LogP contribution is 2.36. The van der Waals surface area contributed by atoms with E-state index in [9.17, 15) is 0 Å². The van der Waals surface area contributed by atoms with Gasteiger partial charge in [0.2, 0.25) is 0 Å². The first-order chi connectivity index (χ1) is 13.2. The lowest BCUT2D eigenvalue weighted by Crippen LogP contribution is -1.98. The van der Waals surface area contributed by atoms with Gasteiger partial charge in [0.15, 0.2) is 0 Å². The van der Waals surface area contributed by atoms with Gasteiger partial charge in [0.05, 0.1) is 12.8 Å². The number of ether oxygens (including phenoxy) is 1. The van der Waals surface area contributed by atoms with Gasteiger partial charge >= 0.3 is 0 Å². The molecule has 0 N–H and O–H groups in total. The standard InChI is InChI=1S/C23H21ClN2O/c1-27-19-11-7-16(8-12-19)21-14-25-15-22(17-5-9-18(24)10-6-17)26-13-3-2-4-20(21)23(25)26/h5-12,14-15H,2-4,13H2,1H3. The van der Waals surface area contributed by atoms with E-state index in [0.717, 1.165) is 23.7 Å².